The standard InChI is InChI=1S/C15H12O3/c1-3-6-18-13-5-4-11-8-14(10(2)16)15(17)9-12(11)7-13/h1,4-5,7-8H,6,9H2,2H3. The summed E-state index contributed by atoms with van der Waals surface area (Å²) in [5, 5.41) is 0. The zero-order valence-corrected chi connectivity index (χ0v) is 10.0. The van der Waals surface area contributed by atoms with Gasteiger partial charge in [0.2, 0.25) is 0 Å². The first kappa shape index (κ1) is 12.1. The predicted molar refractivity (Wildman–Crippen MR) is 68.1 cm³/mol. The van der Waals surface area contributed by atoms with Crippen molar-refractivity contribution in [3.8, 4) is 18.1 Å². The molecule has 0 heterocycles. The second-order valence-electron chi connectivity index (χ2n) is 4.07. The Hall–Kier alpha value is -2.34. The summed E-state index contributed by atoms with van der Waals surface area (Å²) in [6.45, 7) is 1.60. The summed E-state index contributed by atoms with van der Waals surface area (Å²) < 4.78 is 5.30. The van der Waals surface area contributed by atoms with Gasteiger partial charge in [-0.1, -0.05) is 12.0 Å². The number of Topliss-reactive ketones (excluding diaryl/α,β-unsaturated/α-hetero) is 2. The average molecular weight is 240 g/mol. The molecule has 1 aliphatic carbocycles. The van der Waals surface area contributed by atoms with Crippen LogP contribution in [-0.2, 0) is 16.0 Å². The van der Waals surface area contributed by atoms with Gasteiger partial charge >= 0.3 is 0 Å². The molecular formula is C15H12O3. The van der Waals surface area contributed by atoms with Crippen molar-refractivity contribution in [2.45, 2.75) is 13.3 Å². The van der Waals surface area contributed by atoms with Crippen LogP contribution in [-0.4, -0.2) is 18.2 Å². The SMILES string of the molecule is C#CCOc1ccc2c(c1)CC(=O)C(C(C)=O)=C2. The third-order valence-corrected chi connectivity index (χ3v) is 2.77. The second kappa shape index (κ2) is 4.89. The number of hydrogen-bond acceptors (Lipinski definition) is 3. The van der Waals surface area contributed by atoms with Gasteiger partial charge in [-0.3, -0.25) is 9.59 Å². The maximum atomic E-state index is 11.8. The van der Waals surface area contributed by atoms with E-state index in [-0.39, 0.29) is 30.2 Å². The van der Waals surface area contributed by atoms with Crippen molar-refractivity contribution in [2.75, 3.05) is 6.61 Å². The zero-order valence-electron chi connectivity index (χ0n) is 10.0. The lowest BCUT2D eigenvalue weighted by molar-refractivity contribution is -0.120. The van der Waals surface area contributed by atoms with E-state index in [4.69, 9.17) is 11.2 Å². The number of ether oxygens (including phenoxy) is 1. The summed E-state index contributed by atoms with van der Waals surface area (Å²) >= 11 is 0. The molecule has 0 radical (unpaired) electrons. The van der Waals surface area contributed by atoms with Crippen molar-refractivity contribution in [3.05, 3.63) is 34.9 Å². The molecule has 1 aromatic rings. The molecule has 1 aromatic carbocycles. The van der Waals surface area contributed by atoms with Gasteiger partial charge < -0.3 is 4.74 Å². The molecule has 0 spiro atoms. The molecule has 0 aliphatic heterocycles. The Labute approximate surface area is 105 Å². The second-order valence-corrected chi connectivity index (χ2v) is 4.07. The molecule has 90 valence electrons. The van der Waals surface area contributed by atoms with E-state index in [1.54, 1.807) is 18.2 Å². The Morgan fingerprint density at radius 1 is 1.50 bits per heavy atom. The molecule has 0 unspecified atom stereocenters. The van der Waals surface area contributed by atoms with E-state index in [1.807, 2.05) is 6.07 Å². The van der Waals surface area contributed by atoms with Crippen LogP contribution in [0.15, 0.2) is 23.8 Å². The molecule has 1 aliphatic rings. The number of hydrogen-bond donors (Lipinski definition) is 0. The van der Waals surface area contributed by atoms with Crippen molar-refractivity contribution in [1.82, 2.24) is 0 Å². The van der Waals surface area contributed by atoms with Crippen LogP contribution in [0.4, 0.5) is 0 Å². The Bertz CT molecular complexity index is 588. The molecule has 2 rings (SSSR count). The minimum Gasteiger partial charge on any atom is -0.481 e. The van der Waals surface area contributed by atoms with Gasteiger partial charge in [-0.2, -0.15) is 0 Å². The number of allylic oxidation sites excluding steroid dienone is 1. The molecule has 3 nitrogen and oxygen atoms in total. The van der Waals surface area contributed by atoms with E-state index in [0.717, 1.165) is 11.1 Å². The highest BCUT2D eigenvalue weighted by atomic mass is 16.5. The van der Waals surface area contributed by atoms with Gasteiger partial charge in [0.1, 0.15) is 12.4 Å². The topological polar surface area (TPSA) is 43.4 Å². The number of fused-ring (bicyclic) bond motifs is 1. The van der Waals surface area contributed by atoms with Crippen molar-refractivity contribution in [3.63, 3.8) is 0 Å². The van der Waals surface area contributed by atoms with Crippen LogP contribution in [0.5, 0.6) is 5.75 Å². The maximum absolute atomic E-state index is 11.8. The van der Waals surface area contributed by atoms with Crippen LogP contribution in [0, 0.1) is 12.3 Å². The number of terminal acetylenes is 1. The number of ketones is 2. The minimum atomic E-state index is -0.196. The molecule has 3 heteroatoms. The normalized spacial score (nSPS) is 13.3. The molecule has 0 N–H and O–H groups in total. The molecule has 0 saturated heterocycles. The lowest BCUT2D eigenvalue weighted by Crippen LogP contribution is -2.17. The first-order valence-corrected chi connectivity index (χ1v) is 5.57. The summed E-state index contributed by atoms with van der Waals surface area (Å²) in [4.78, 5) is 23.1. The number of carbonyl (C=O) groups excluding carboxylic acids is 2. The quantitative estimate of drug-likeness (QED) is 0.597. The number of carbonyl (C=O) groups is 2. The highest BCUT2D eigenvalue weighted by Crippen LogP contribution is 2.26. The zero-order chi connectivity index (χ0) is 13.1. The fourth-order valence-corrected chi connectivity index (χ4v) is 1.89. The van der Waals surface area contributed by atoms with Gasteiger partial charge in [-0.05, 0) is 36.3 Å². The summed E-state index contributed by atoms with van der Waals surface area (Å²) in [6.07, 6.45) is 6.98. The largest absolute Gasteiger partial charge is 0.481 e. The van der Waals surface area contributed by atoms with E-state index in [1.165, 1.54) is 6.92 Å². The number of benzene rings is 1. The van der Waals surface area contributed by atoms with Gasteiger partial charge in [0.25, 0.3) is 0 Å². The Morgan fingerprint density at radius 3 is 2.94 bits per heavy atom. The van der Waals surface area contributed by atoms with Crippen molar-refractivity contribution in [2.24, 2.45) is 0 Å². The number of rotatable bonds is 3. The van der Waals surface area contributed by atoms with Crippen LogP contribution in [0.2, 0.25) is 0 Å². The molecular weight excluding hydrogens is 228 g/mol. The van der Waals surface area contributed by atoms with Crippen LogP contribution in [0.1, 0.15) is 18.1 Å². The van der Waals surface area contributed by atoms with Gasteiger partial charge in [-0.15, -0.1) is 6.42 Å². The van der Waals surface area contributed by atoms with Crippen molar-refractivity contribution in [1.29, 1.82) is 0 Å². The Balaban J connectivity index is 2.35. The van der Waals surface area contributed by atoms with Crippen LogP contribution < -0.4 is 4.74 Å². The van der Waals surface area contributed by atoms with Crippen LogP contribution in [0.25, 0.3) is 6.08 Å². The maximum Gasteiger partial charge on any atom is 0.170 e. The molecule has 0 bridgehead atoms. The Kier molecular flexibility index (Phi) is 3.29. The third kappa shape index (κ3) is 2.33. The average Bonchev–Trinajstić information content (AvgIpc) is 2.34. The third-order valence-electron chi connectivity index (χ3n) is 2.77. The monoisotopic (exact) mass is 240 g/mol. The van der Waals surface area contributed by atoms with E-state index in [0.29, 0.717) is 5.75 Å². The lowest BCUT2D eigenvalue weighted by atomic mass is 9.89. The van der Waals surface area contributed by atoms with E-state index in [2.05, 4.69) is 5.92 Å². The van der Waals surface area contributed by atoms with E-state index in [9.17, 15) is 9.59 Å². The smallest absolute Gasteiger partial charge is 0.170 e. The minimum absolute atomic E-state index is 0.149. The summed E-state index contributed by atoms with van der Waals surface area (Å²) in [6, 6.07) is 5.40. The Morgan fingerprint density at radius 2 is 2.28 bits per heavy atom. The van der Waals surface area contributed by atoms with Gasteiger partial charge in [0, 0.05) is 6.42 Å². The molecule has 0 aromatic heterocycles. The molecule has 0 saturated carbocycles. The van der Waals surface area contributed by atoms with Gasteiger partial charge in [0.05, 0.1) is 5.57 Å². The van der Waals surface area contributed by atoms with E-state index >= 15 is 0 Å². The van der Waals surface area contributed by atoms with E-state index < -0.39 is 0 Å². The van der Waals surface area contributed by atoms with Crippen LogP contribution in [0.3, 0.4) is 0 Å². The summed E-state index contributed by atoms with van der Waals surface area (Å²) in [5.41, 5.74) is 2.01. The fraction of sp³-hybridized carbons (Fsp3) is 0.200. The van der Waals surface area contributed by atoms with Crippen molar-refractivity contribution >= 4 is 17.6 Å². The van der Waals surface area contributed by atoms with Gasteiger partial charge in [-0.25, -0.2) is 0 Å². The molecule has 18 heavy (non-hydrogen) atoms. The molecule has 0 fully saturated rings. The first-order valence-electron chi connectivity index (χ1n) is 5.57. The summed E-state index contributed by atoms with van der Waals surface area (Å²) in [7, 11) is 0. The first-order chi connectivity index (χ1) is 8.61. The summed E-state index contributed by atoms with van der Waals surface area (Å²) in [5.74, 6) is 2.67. The molecule has 0 amide bonds. The van der Waals surface area contributed by atoms with Crippen LogP contribution >= 0.6 is 0 Å². The van der Waals surface area contributed by atoms with Gasteiger partial charge in [0.15, 0.2) is 11.6 Å². The lowest BCUT2D eigenvalue weighted by Gasteiger charge is -2.15. The highest BCUT2D eigenvalue weighted by molar-refractivity contribution is 6.24. The highest BCUT2D eigenvalue weighted by Gasteiger charge is 2.21. The van der Waals surface area contributed by atoms with Crippen molar-refractivity contribution < 1.29 is 14.3 Å². The fourth-order valence-electron chi connectivity index (χ4n) is 1.89. The molecule has 0 atom stereocenters. The predicted octanol–water partition coefficient (Wildman–Crippen LogP) is 1.80.